The van der Waals surface area contributed by atoms with Crippen molar-refractivity contribution in [2.45, 2.75) is 6.54 Å². The fraction of sp³-hybridized carbons (Fsp3) is 0.0952. The minimum atomic E-state index is -0.247. The maximum atomic E-state index is 13.4. The van der Waals surface area contributed by atoms with Gasteiger partial charge in [-0.05, 0) is 30.3 Å². The Balaban J connectivity index is 1.54. The highest BCUT2D eigenvalue weighted by atomic mass is 35.5. The summed E-state index contributed by atoms with van der Waals surface area (Å²) < 4.78 is 8.51. The molecule has 0 aliphatic rings. The molecule has 0 aliphatic carbocycles. The predicted octanol–water partition coefficient (Wildman–Crippen LogP) is 5.24. The number of para-hydroxylation sites is 2. The summed E-state index contributed by atoms with van der Waals surface area (Å²) >= 11 is 7.72. The number of hydrogen-bond acceptors (Lipinski definition) is 5. The zero-order chi connectivity index (χ0) is 19.8. The van der Waals surface area contributed by atoms with Crippen LogP contribution in [0.25, 0.3) is 21.2 Å². The first kappa shape index (κ1) is 17.9. The van der Waals surface area contributed by atoms with E-state index in [-0.39, 0.29) is 11.7 Å². The number of nitrogens with zero attached hydrogens (tertiary/aromatic N) is 4. The Hall–Kier alpha value is -3.16. The summed E-state index contributed by atoms with van der Waals surface area (Å²) in [5.41, 5.74) is 1.37. The molecule has 3 aromatic heterocycles. The van der Waals surface area contributed by atoms with E-state index in [0.29, 0.717) is 34.3 Å². The summed E-state index contributed by atoms with van der Waals surface area (Å²) in [5, 5.41) is 6.25. The molecule has 0 fully saturated rings. The quantitative estimate of drug-likeness (QED) is 0.388. The molecule has 2 aromatic carbocycles. The molecule has 0 unspecified atom stereocenters. The van der Waals surface area contributed by atoms with E-state index < -0.39 is 0 Å². The third-order valence-electron chi connectivity index (χ3n) is 4.58. The Morgan fingerprint density at radius 2 is 2.07 bits per heavy atom. The van der Waals surface area contributed by atoms with E-state index in [9.17, 15) is 4.79 Å². The van der Waals surface area contributed by atoms with Crippen molar-refractivity contribution in [1.82, 2.24) is 14.8 Å². The Kier molecular flexibility index (Phi) is 4.54. The topological polar surface area (TPSA) is 64.2 Å². The van der Waals surface area contributed by atoms with Crippen molar-refractivity contribution in [3.63, 3.8) is 0 Å². The maximum absolute atomic E-state index is 13.4. The first-order valence-electron chi connectivity index (χ1n) is 9.02. The van der Waals surface area contributed by atoms with Crippen LogP contribution in [0.1, 0.15) is 10.6 Å². The van der Waals surface area contributed by atoms with Gasteiger partial charge in [0.25, 0.3) is 5.91 Å². The molecule has 0 saturated carbocycles. The Morgan fingerprint density at radius 3 is 2.86 bits per heavy atom. The highest BCUT2D eigenvalue weighted by Gasteiger charge is 2.25. The van der Waals surface area contributed by atoms with Crippen molar-refractivity contribution in [1.29, 1.82) is 0 Å². The van der Waals surface area contributed by atoms with Gasteiger partial charge in [-0.25, -0.2) is 4.98 Å². The standard InChI is InChI=1S/C21H15ClN4O2S/c22-15-6-3-8-18-19(15)24-21(29-18)26(12-11-25-10-4-9-23-25)20(27)17-13-14-5-1-2-7-16(14)28-17/h1-10,13H,11-12H2. The van der Waals surface area contributed by atoms with Gasteiger partial charge in [0.15, 0.2) is 10.9 Å². The average molecular weight is 423 g/mol. The highest BCUT2D eigenvalue weighted by Crippen LogP contribution is 2.34. The fourth-order valence-corrected chi connectivity index (χ4v) is 4.45. The lowest BCUT2D eigenvalue weighted by molar-refractivity contribution is 0.0961. The summed E-state index contributed by atoms with van der Waals surface area (Å²) in [4.78, 5) is 19.6. The van der Waals surface area contributed by atoms with Crippen LogP contribution in [-0.2, 0) is 6.54 Å². The summed E-state index contributed by atoms with van der Waals surface area (Å²) in [6.45, 7) is 0.928. The molecule has 0 bridgehead atoms. The van der Waals surface area contributed by atoms with Crippen LogP contribution in [0, 0.1) is 0 Å². The number of fused-ring (bicyclic) bond motifs is 2. The molecule has 0 aliphatic heterocycles. The molecule has 0 radical (unpaired) electrons. The molecular formula is C21H15ClN4O2S. The minimum absolute atomic E-state index is 0.247. The summed E-state index contributed by atoms with van der Waals surface area (Å²) in [7, 11) is 0. The normalized spacial score (nSPS) is 11.3. The number of halogens is 1. The number of rotatable bonds is 5. The van der Waals surface area contributed by atoms with Gasteiger partial charge in [-0.15, -0.1) is 0 Å². The van der Waals surface area contributed by atoms with Crippen molar-refractivity contribution in [3.8, 4) is 0 Å². The van der Waals surface area contributed by atoms with Crippen LogP contribution in [0.3, 0.4) is 0 Å². The molecule has 5 aromatic rings. The van der Waals surface area contributed by atoms with E-state index in [1.54, 1.807) is 27.9 Å². The van der Waals surface area contributed by atoms with Gasteiger partial charge in [0, 0.05) is 24.3 Å². The molecule has 0 saturated heterocycles. The predicted molar refractivity (Wildman–Crippen MR) is 115 cm³/mol. The van der Waals surface area contributed by atoms with Gasteiger partial charge >= 0.3 is 0 Å². The van der Waals surface area contributed by atoms with Crippen LogP contribution in [0.5, 0.6) is 0 Å². The summed E-state index contributed by atoms with van der Waals surface area (Å²) in [6.07, 6.45) is 3.57. The molecular weight excluding hydrogens is 408 g/mol. The van der Waals surface area contributed by atoms with E-state index in [1.807, 2.05) is 48.7 Å². The smallest absolute Gasteiger partial charge is 0.295 e. The first-order chi connectivity index (χ1) is 14.2. The van der Waals surface area contributed by atoms with E-state index in [2.05, 4.69) is 10.1 Å². The number of furan rings is 1. The molecule has 1 amide bonds. The number of anilines is 1. The van der Waals surface area contributed by atoms with Crippen LogP contribution in [0.4, 0.5) is 5.13 Å². The number of hydrogen-bond donors (Lipinski definition) is 0. The Morgan fingerprint density at radius 1 is 1.17 bits per heavy atom. The third kappa shape index (κ3) is 3.39. The zero-order valence-electron chi connectivity index (χ0n) is 15.2. The van der Waals surface area contributed by atoms with Crippen LogP contribution in [-0.4, -0.2) is 27.2 Å². The molecule has 144 valence electrons. The second-order valence-electron chi connectivity index (χ2n) is 6.46. The monoisotopic (exact) mass is 422 g/mol. The molecule has 29 heavy (non-hydrogen) atoms. The van der Waals surface area contributed by atoms with E-state index in [0.717, 1.165) is 10.1 Å². The third-order valence-corrected chi connectivity index (χ3v) is 5.93. The Bertz CT molecular complexity index is 1280. The van der Waals surface area contributed by atoms with E-state index in [4.69, 9.17) is 16.0 Å². The fourth-order valence-electron chi connectivity index (χ4n) is 3.16. The zero-order valence-corrected chi connectivity index (χ0v) is 16.7. The average Bonchev–Trinajstić information content (AvgIpc) is 3.47. The molecule has 0 atom stereocenters. The number of amides is 1. The highest BCUT2D eigenvalue weighted by molar-refractivity contribution is 7.22. The number of carbonyl (C=O) groups excluding carboxylic acids is 1. The molecule has 6 nitrogen and oxygen atoms in total. The summed E-state index contributed by atoms with van der Waals surface area (Å²) in [5.74, 6) is 0.0283. The number of thiazole rings is 1. The van der Waals surface area contributed by atoms with Gasteiger partial charge in [0.05, 0.1) is 16.3 Å². The largest absolute Gasteiger partial charge is 0.451 e. The molecule has 0 N–H and O–H groups in total. The lowest BCUT2D eigenvalue weighted by Gasteiger charge is -2.18. The second kappa shape index (κ2) is 7.35. The van der Waals surface area contributed by atoms with Crippen molar-refractivity contribution in [3.05, 3.63) is 77.8 Å². The van der Waals surface area contributed by atoms with Crippen LogP contribution in [0.2, 0.25) is 5.02 Å². The number of aromatic nitrogens is 3. The van der Waals surface area contributed by atoms with Gasteiger partial charge in [0.1, 0.15) is 11.1 Å². The van der Waals surface area contributed by atoms with Crippen LogP contribution in [0.15, 0.2) is 71.4 Å². The Labute approximate surface area is 174 Å². The van der Waals surface area contributed by atoms with Gasteiger partial charge in [-0.1, -0.05) is 47.2 Å². The van der Waals surface area contributed by atoms with Crippen molar-refractivity contribution >= 4 is 55.2 Å². The second-order valence-corrected chi connectivity index (χ2v) is 7.87. The maximum Gasteiger partial charge on any atom is 0.295 e. The molecule has 0 spiro atoms. The molecule has 5 rings (SSSR count). The summed E-state index contributed by atoms with van der Waals surface area (Å²) in [6, 6.07) is 16.8. The SMILES string of the molecule is O=C(c1cc2ccccc2o1)N(CCn1cccn1)c1nc2c(Cl)cccc2s1. The number of carbonyl (C=O) groups is 1. The first-order valence-corrected chi connectivity index (χ1v) is 10.2. The van der Waals surface area contributed by atoms with Crippen LogP contribution >= 0.6 is 22.9 Å². The lowest BCUT2D eigenvalue weighted by atomic mass is 10.2. The van der Waals surface area contributed by atoms with Gasteiger partial charge in [-0.2, -0.15) is 5.10 Å². The molecule has 8 heteroatoms. The number of benzene rings is 2. The minimum Gasteiger partial charge on any atom is -0.451 e. The van der Waals surface area contributed by atoms with E-state index in [1.165, 1.54) is 11.3 Å². The van der Waals surface area contributed by atoms with Gasteiger partial charge < -0.3 is 4.42 Å². The van der Waals surface area contributed by atoms with E-state index >= 15 is 0 Å². The van der Waals surface area contributed by atoms with Crippen molar-refractivity contribution < 1.29 is 9.21 Å². The lowest BCUT2D eigenvalue weighted by Crippen LogP contribution is -2.33. The van der Waals surface area contributed by atoms with Crippen LogP contribution < -0.4 is 4.90 Å². The van der Waals surface area contributed by atoms with Crippen molar-refractivity contribution in [2.24, 2.45) is 0 Å². The van der Waals surface area contributed by atoms with Gasteiger partial charge in [-0.3, -0.25) is 14.4 Å². The van der Waals surface area contributed by atoms with Crippen molar-refractivity contribution in [2.75, 3.05) is 11.4 Å². The molecule has 3 heterocycles. The van der Waals surface area contributed by atoms with Gasteiger partial charge in [0.2, 0.25) is 0 Å².